The van der Waals surface area contributed by atoms with Crippen LogP contribution in [0.25, 0.3) is 0 Å². The molecule has 0 heterocycles. The van der Waals surface area contributed by atoms with Crippen molar-refractivity contribution >= 4 is 29.1 Å². The van der Waals surface area contributed by atoms with Crippen LogP contribution in [0.5, 0.6) is 0 Å². The van der Waals surface area contributed by atoms with E-state index in [0.29, 0.717) is 16.0 Å². The Labute approximate surface area is 159 Å². The molecule has 0 aromatic heterocycles. The smallest absolute Gasteiger partial charge is 0.279 e. The average Bonchev–Trinajstić information content (AvgIpc) is 2.61. The molecule has 0 saturated carbocycles. The topological polar surface area (TPSA) is 62.6 Å². The van der Waals surface area contributed by atoms with Crippen LogP contribution in [0.15, 0.2) is 36.4 Å². The minimum atomic E-state index is -1.66. The number of carbonyl (C=O) groups is 2. The molecule has 0 bridgehead atoms. The molecule has 2 rings (SSSR count). The van der Waals surface area contributed by atoms with Crippen LogP contribution >= 0.6 is 11.6 Å². The molecular weight excluding hydrogens is 383 g/mol. The fourth-order valence-electron chi connectivity index (χ4n) is 2.33. The Bertz CT molecular complexity index is 849. The number of rotatable bonds is 7. The van der Waals surface area contributed by atoms with Crippen molar-refractivity contribution in [2.45, 2.75) is 6.54 Å². The van der Waals surface area contributed by atoms with Gasteiger partial charge < -0.3 is 15.5 Å². The van der Waals surface area contributed by atoms with Crippen LogP contribution in [-0.4, -0.2) is 32.0 Å². The van der Waals surface area contributed by atoms with E-state index in [2.05, 4.69) is 10.6 Å². The Morgan fingerprint density at radius 1 is 1.00 bits per heavy atom. The summed E-state index contributed by atoms with van der Waals surface area (Å²) in [6, 6.07) is 8.71. The summed E-state index contributed by atoms with van der Waals surface area (Å²) in [5.74, 6) is -5.43. The number of anilines is 1. The fourth-order valence-corrected chi connectivity index (χ4v) is 2.53. The molecule has 0 spiro atoms. The van der Waals surface area contributed by atoms with Crippen molar-refractivity contribution in [3.63, 3.8) is 0 Å². The Hall–Kier alpha value is -2.58. The minimum absolute atomic E-state index is 0.0157. The van der Waals surface area contributed by atoms with Gasteiger partial charge in [0.2, 0.25) is 0 Å². The summed E-state index contributed by atoms with van der Waals surface area (Å²) in [6.45, 7) is 0.0636. The van der Waals surface area contributed by atoms with Crippen molar-refractivity contribution in [2.75, 3.05) is 25.5 Å². The monoisotopic (exact) mass is 400 g/mol. The predicted molar refractivity (Wildman–Crippen MR) is 94.9 cm³/mol. The second-order valence-corrected chi connectivity index (χ2v) is 6.36. The molecule has 3 N–H and O–H groups in total. The number of hydrogen-bond acceptors (Lipinski definition) is 2. The molecule has 0 aliphatic carbocycles. The molecular formula is C18H18ClF3N3O2+. The lowest BCUT2D eigenvalue weighted by Crippen LogP contribution is -3.11. The number of carbonyl (C=O) groups excluding carboxylic acids is 2. The van der Waals surface area contributed by atoms with Gasteiger partial charge in [0.1, 0.15) is 0 Å². The van der Waals surface area contributed by atoms with Crippen molar-refractivity contribution < 1.29 is 27.7 Å². The maximum Gasteiger partial charge on any atom is 0.279 e. The normalized spacial score (nSPS) is 11.7. The summed E-state index contributed by atoms with van der Waals surface area (Å²) >= 11 is 6.00. The predicted octanol–water partition coefficient (Wildman–Crippen LogP) is 1.53. The maximum atomic E-state index is 13.6. The molecule has 2 aromatic rings. The molecule has 5 nitrogen and oxygen atoms in total. The van der Waals surface area contributed by atoms with Crippen LogP contribution in [0.3, 0.4) is 0 Å². The van der Waals surface area contributed by atoms with Gasteiger partial charge in [-0.1, -0.05) is 29.8 Å². The summed E-state index contributed by atoms with van der Waals surface area (Å²) in [7, 11) is 1.59. The van der Waals surface area contributed by atoms with Crippen molar-refractivity contribution in [3.05, 3.63) is 64.4 Å². The van der Waals surface area contributed by atoms with Crippen LogP contribution in [-0.2, 0) is 16.1 Å². The lowest BCUT2D eigenvalue weighted by Gasteiger charge is -2.14. The van der Waals surface area contributed by atoms with Gasteiger partial charge in [-0.2, -0.15) is 0 Å². The molecule has 9 heteroatoms. The van der Waals surface area contributed by atoms with Crippen molar-refractivity contribution in [1.82, 2.24) is 5.32 Å². The van der Waals surface area contributed by atoms with Gasteiger partial charge in [-0.3, -0.25) is 9.59 Å². The summed E-state index contributed by atoms with van der Waals surface area (Å²) in [6.07, 6.45) is 0. The third-order valence-electron chi connectivity index (χ3n) is 3.67. The third-order valence-corrected chi connectivity index (χ3v) is 4.04. The lowest BCUT2D eigenvalue weighted by molar-refractivity contribution is -0.862. The zero-order chi connectivity index (χ0) is 20.0. The average molecular weight is 401 g/mol. The SMILES string of the molecule is C[NH+](CC(=O)NCc1ccccc1Cl)CC(=O)Nc1ccc(F)c(F)c1F. The Kier molecular flexibility index (Phi) is 7.20. The molecule has 144 valence electrons. The standard InChI is InChI=1S/C18H17ClF3N3O2/c1-25(9-15(26)23-8-11-4-2-3-5-12(11)19)10-16(27)24-14-7-6-13(20)17(21)18(14)22/h2-7H,8-10H2,1H3,(H,23,26)(H,24,27)/p+1. The molecule has 1 atom stereocenters. The summed E-state index contributed by atoms with van der Waals surface area (Å²) in [4.78, 5) is 24.4. The molecule has 0 saturated heterocycles. The highest BCUT2D eigenvalue weighted by Crippen LogP contribution is 2.19. The molecule has 0 aliphatic heterocycles. The van der Waals surface area contributed by atoms with E-state index in [1.807, 2.05) is 0 Å². The van der Waals surface area contributed by atoms with E-state index < -0.39 is 29.0 Å². The Morgan fingerprint density at radius 2 is 1.67 bits per heavy atom. The van der Waals surface area contributed by atoms with E-state index in [4.69, 9.17) is 11.6 Å². The second-order valence-electron chi connectivity index (χ2n) is 5.95. The van der Waals surface area contributed by atoms with Crippen molar-refractivity contribution in [1.29, 1.82) is 0 Å². The number of likely N-dealkylation sites (N-methyl/N-ethyl adjacent to an activating group) is 1. The molecule has 1 unspecified atom stereocenters. The third kappa shape index (κ3) is 5.97. The Balaban J connectivity index is 1.81. The largest absolute Gasteiger partial charge is 0.347 e. The first kappa shape index (κ1) is 20.7. The van der Waals surface area contributed by atoms with E-state index in [0.717, 1.165) is 11.6 Å². The molecule has 2 amide bonds. The number of benzene rings is 2. The highest BCUT2D eigenvalue weighted by atomic mass is 35.5. The maximum absolute atomic E-state index is 13.6. The summed E-state index contributed by atoms with van der Waals surface area (Å²) in [5.41, 5.74) is 0.298. The number of nitrogens with one attached hydrogen (secondary N) is 3. The van der Waals surface area contributed by atoms with E-state index in [-0.39, 0.29) is 25.5 Å². The van der Waals surface area contributed by atoms with Crippen LogP contribution in [0.2, 0.25) is 5.02 Å². The van der Waals surface area contributed by atoms with E-state index in [9.17, 15) is 22.8 Å². The second kappa shape index (κ2) is 9.38. The highest BCUT2D eigenvalue weighted by molar-refractivity contribution is 6.31. The fraction of sp³-hybridized carbons (Fsp3) is 0.222. The highest BCUT2D eigenvalue weighted by Gasteiger charge is 2.18. The molecule has 27 heavy (non-hydrogen) atoms. The first-order chi connectivity index (χ1) is 12.8. The minimum Gasteiger partial charge on any atom is -0.347 e. The van der Waals surface area contributed by atoms with E-state index in [1.54, 1.807) is 31.3 Å². The number of amides is 2. The van der Waals surface area contributed by atoms with Gasteiger partial charge in [0, 0.05) is 11.6 Å². The van der Waals surface area contributed by atoms with Gasteiger partial charge in [-0.15, -0.1) is 0 Å². The first-order valence-corrected chi connectivity index (χ1v) is 8.40. The van der Waals surface area contributed by atoms with E-state index in [1.165, 1.54) is 0 Å². The zero-order valence-electron chi connectivity index (χ0n) is 14.4. The number of quaternary nitrogens is 1. The number of halogens is 4. The summed E-state index contributed by atoms with van der Waals surface area (Å²) in [5, 5.41) is 5.38. The van der Waals surface area contributed by atoms with Gasteiger partial charge in [0.25, 0.3) is 11.8 Å². The molecule has 0 radical (unpaired) electrons. The van der Waals surface area contributed by atoms with Gasteiger partial charge in [-0.25, -0.2) is 13.2 Å². The number of hydrogen-bond donors (Lipinski definition) is 3. The molecule has 0 fully saturated rings. The van der Waals surface area contributed by atoms with E-state index >= 15 is 0 Å². The molecule has 0 aliphatic rings. The first-order valence-electron chi connectivity index (χ1n) is 8.02. The molecule has 2 aromatic carbocycles. The van der Waals surface area contributed by atoms with Gasteiger partial charge >= 0.3 is 0 Å². The van der Waals surface area contributed by atoms with Crippen LogP contribution in [0.4, 0.5) is 18.9 Å². The van der Waals surface area contributed by atoms with Crippen LogP contribution in [0.1, 0.15) is 5.56 Å². The van der Waals surface area contributed by atoms with Gasteiger partial charge in [0.15, 0.2) is 30.5 Å². The van der Waals surface area contributed by atoms with Gasteiger partial charge in [-0.05, 0) is 23.8 Å². The van der Waals surface area contributed by atoms with Crippen molar-refractivity contribution in [2.24, 2.45) is 0 Å². The van der Waals surface area contributed by atoms with Gasteiger partial charge in [0.05, 0.1) is 12.7 Å². The summed E-state index contributed by atoms with van der Waals surface area (Å²) < 4.78 is 39.6. The quantitative estimate of drug-likeness (QED) is 0.617. The zero-order valence-corrected chi connectivity index (χ0v) is 15.2. The van der Waals surface area contributed by atoms with Crippen LogP contribution < -0.4 is 15.5 Å². The van der Waals surface area contributed by atoms with Crippen molar-refractivity contribution in [3.8, 4) is 0 Å². The Morgan fingerprint density at radius 3 is 2.37 bits per heavy atom. The lowest BCUT2D eigenvalue weighted by atomic mass is 10.2. The van der Waals surface area contributed by atoms with Crippen LogP contribution in [0, 0.1) is 17.5 Å².